The maximum Gasteiger partial charge on any atom is 0.270 e. The Balaban J connectivity index is 1.13. The molecule has 3 heterocycles. The fourth-order valence-corrected chi connectivity index (χ4v) is 6.36. The summed E-state index contributed by atoms with van der Waals surface area (Å²) in [4.78, 5) is 33.3. The molecule has 2 aromatic carbocycles. The minimum atomic E-state index is -0.421. The summed E-state index contributed by atoms with van der Waals surface area (Å²) >= 11 is 3.12. The maximum atomic E-state index is 12.6. The van der Waals surface area contributed by atoms with Gasteiger partial charge in [0.05, 0.1) is 20.0 Å². The Kier molecular flexibility index (Phi) is 6.20. The molecule has 34 heavy (non-hydrogen) atoms. The highest BCUT2D eigenvalue weighted by molar-refractivity contribution is 7.22. The van der Waals surface area contributed by atoms with E-state index in [1.165, 1.54) is 39.3 Å². The molecule has 1 N–H and O–H groups in total. The van der Waals surface area contributed by atoms with E-state index < -0.39 is 4.92 Å². The van der Waals surface area contributed by atoms with Crippen molar-refractivity contribution in [1.82, 2.24) is 15.2 Å². The largest absolute Gasteiger partial charge is 0.350 e. The first-order valence-electron chi connectivity index (χ1n) is 11.2. The number of rotatable bonds is 6. The Morgan fingerprint density at radius 3 is 2.68 bits per heavy atom. The maximum absolute atomic E-state index is 12.6. The summed E-state index contributed by atoms with van der Waals surface area (Å²) in [5, 5.41) is 15.8. The van der Waals surface area contributed by atoms with Gasteiger partial charge in [-0.1, -0.05) is 17.4 Å². The summed E-state index contributed by atoms with van der Waals surface area (Å²) < 4.78 is 2.13. The van der Waals surface area contributed by atoms with Crippen molar-refractivity contribution < 1.29 is 9.72 Å². The van der Waals surface area contributed by atoms with Crippen LogP contribution in [0.25, 0.3) is 20.3 Å². The van der Waals surface area contributed by atoms with Gasteiger partial charge in [0.2, 0.25) is 0 Å². The predicted molar refractivity (Wildman–Crippen MR) is 139 cm³/mol. The number of nitro benzene ring substituents is 1. The number of anilines is 1. The molecule has 0 aliphatic carbocycles. The van der Waals surface area contributed by atoms with Crippen LogP contribution in [0, 0.1) is 24.0 Å². The molecular formula is C24H25N5O3S2. The lowest BCUT2D eigenvalue weighted by Gasteiger charge is -2.34. The molecule has 5 rings (SSSR count). The first-order valence-corrected chi connectivity index (χ1v) is 12.8. The molecule has 10 heteroatoms. The Labute approximate surface area is 205 Å². The summed E-state index contributed by atoms with van der Waals surface area (Å²) in [6, 6.07) is 10.8. The van der Waals surface area contributed by atoms with Crippen molar-refractivity contribution in [1.29, 1.82) is 0 Å². The minimum Gasteiger partial charge on any atom is -0.350 e. The molecule has 8 nitrogen and oxygen atoms in total. The zero-order valence-electron chi connectivity index (χ0n) is 19.0. The van der Waals surface area contributed by atoms with Crippen molar-refractivity contribution in [2.45, 2.75) is 13.8 Å². The van der Waals surface area contributed by atoms with E-state index in [2.05, 4.69) is 41.1 Å². The molecule has 0 saturated carbocycles. The number of piperazine rings is 1. The van der Waals surface area contributed by atoms with Crippen molar-refractivity contribution in [3.63, 3.8) is 0 Å². The van der Waals surface area contributed by atoms with Gasteiger partial charge in [0.25, 0.3) is 11.6 Å². The molecule has 4 aromatic rings. The van der Waals surface area contributed by atoms with Gasteiger partial charge in [-0.25, -0.2) is 4.98 Å². The smallest absolute Gasteiger partial charge is 0.270 e. The average Bonchev–Trinajstić information content (AvgIpc) is 3.43. The number of carbonyl (C=O) groups excluding carboxylic acids is 1. The Bertz CT molecular complexity index is 1390. The molecule has 1 aliphatic heterocycles. The third-order valence-corrected chi connectivity index (χ3v) is 8.48. The number of amides is 1. The second-order valence-corrected chi connectivity index (χ2v) is 10.7. The Hall–Kier alpha value is -3.08. The van der Waals surface area contributed by atoms with Crippen molar-refractivity contribution in [2.75, 3.05) is 44.2 Å². The lowest BCUT2D eigenvalue weighted by molar-refractivity contribution is -0.384. The molecular weight excluding hydrogens is 470 g/mol. The number of nitro groups is 1. The highest BCUT2D eigenvalue weighted by Gasteiger charge is 2.20. The number of hydrogen-bond acceptors (Lipinski definition) is 8. The van der Waals surface area contributed by atoms with Crippen LogP contribution < -0.4 is 10.2 Å². The van der Waals surface area contributed by atoms with Gasteiger partial charge in [-0.3, -0.25) is 19.8 Å². The number of benzene rings is 2. The molecule has 0 spiro atoms. The Morgan fingerprint density at radius 2 is 1.91 bits per heavy atom. The molecule has 1 aliphatic rings. The number of aryl methyl sites for hydroxylation is 2. The number of thiophene rings is 1. The van der Waals surface area contributed by atoms with Crippen LogP contribution in [0.2, 0.25) is 0 Å². The van der Waals surface area contributed by atoms with Crippen LogP contribution in [-0.2, 0) is 0 Å². The summed E-state index contributed by atoms with van der Waals surface area (Å²) in [5.74, 6) is -0.136. The molecule has 1 amide bonds. The zero-order chi connectivity index (χ0) is 23.8. The van der Waals surface area contributed by atoms with E-state index in [-0.39, 0.29) is 11.6 Å². The molecule has 0 radical (unpaired) electrons. The summed E-state index contributed by atoms with van der Waals surface area (Å²) in [5.41, 5.74) is 3.64. The first-order chi connectivity index (χ1) is 16.4. The lowest BCUT2D eigenvalue weighted by atomic mass is 10.1. The fraction of sp³-hybridized carbons (Fsp3) is 0.333. The van der Waals surface area contributed by atoms with Crippen molar-refractivity contribution in [3.05, 3.63) is 62.5 Å². The van der Waals surface area contributed by atoms with E-state index in [1.807, 2.05) is 0 Å². The highest BCUT2D eigenvalue weighted by Crippen LogP contribution is 2.32. The number of carbonyl (C=O) groups is 1. The summed E-state index contributed by atoms with van der Waals surface area (Å²) in [7, 11) is 0. The number of fused-ring (bicyclic) bond motifs is 2. The van der Waals surface area contributed by atoms with E-state index >= 15 is 0 Å². The third-order valence-electron chi connectivity index (χ3n) is 6.10. The normalized spacial score (nSPS) is 14.7. The number of nitrogens with zero attached hydrogens (tertiary/aromatic N) is 4. The van der Waals surface area contributed by atoms with Crippen LogP contribution in [0.15, 0.2) is 36.4 Å². The number of non-ortho nitro benzene ring substituents is 1. The summed E-state index contributed by atoms with van der Waals surface area (Å²) in [6.45, 7) is 9.29. The monoisotopic (exact) mass is 495 g/mol. The topological polar surface area (TPSA) is 91.6 Å². The van der Waals surface area contributed by atoms with Crippen LogP contribution in [0.3, 0.4) is 0 Å². The van der Waals surface area contributed by atoms with Crippen LogP contribution in [0.1, 0.15) is 20.8 Å². The van der Waals surface area contributed by atoms with Crippen LogP contribution in [0.5, 0.6) is 0 Å². The van der Waals surface area contributed by atoms with E-state index in [0.29, 0.717) is 11.4 Å². The molecule has 0 unspecified atom stereocenters. The van der Waals surface area contributed by atoms with E-state index in [9.17, 15) is 14.9 Å². The van der Waals surface area contributed by atoms with E-state index in [0.717, 1.165) is 53.5 Å². The van der Waals surface area contributed by atoms with Gasteiger partial charge < -0.3 is 10.2 Å². The van der Waals surface area contributed by atoms with Gasteiger partial charge in [-0.2, -0.15) is 0 Å². The quantitative estimate of drug-likeness (QED) is 0.311. The van der Waals surface area contributed by atoms with Gasteiger partial charge in [0.15, 0.2) is 5.13 Å². The van der Waals surface area contributed by atoms with Crippen molar-refractivity contribution in [2.24, 2.45) is 0 Å². The Morgan fingerprint density at radius 1 is 1.12 bits per heavy atom. The van der Waals surface area contributed by atoms with Gasteiger partial charge in [-0.05, 0) is 43.2 Å². The average molecular weight is 496 g/mol. The molecule has 0 atom stereocenters. The third kappa shape index (κ3) is 4.61. The molecule has 2 aromatic heterocycles. The number of thiazole rings is 1. The second-order valence-electron chi connectivity index (χ2n) is 8.60. The van der Waals surface area contributed by atoms with Gasteiger partial charge in [0, 0.05) is 61.5 Å². The van der Waals surface area contributed by atoms with Crippen LogP contribution in [0.4, 0.5) is 10.8 Å². The molecule has 0 bridgehead atoms. The van der Waals surface area contributed by atoms with Crippen LogP contribution >= 0.6 is 22.7 Å². The fourth-order valence-electron chi connectivity index (χ4n) is 4.33. The zero-order valence-corrected chi connectivity index (χ0v) is 20.7. The number of hydrogen-bond donors (Lipinski definition) is 1. The van der Waals surface area contributed by atoms with Gasteiger partial charge >= 0.3 is 0 Å². The number of aromatic nitrogens is 1. The molecule has 1 saturated heterocycles. The number of nitrogens with one attached hydrogen (secondary N) is 1. The lowest BCUT2D eigenvalue weighted by Crippen LogP contribution is -2.48. The summed E-state index contributed by atoms with van der Waals surface area (Å²) in [6.07, 6.45) is 0. The minimum absolute atomic E-state index is 0.0347. The van der Waals surface area contributed by atoms with Crippen molar-refractivity contribution in [3.8, 4) is 0 Å². The molecule has 1 fully saturated rings. The van der Waals surface area contributed by atoms with Gasteiger partial charge in [0.1, 0.15) is 0 Å². The van der Waals surface area contributed by atoms with Crippen LogP contribution in [-0.4, -0.2) is 60.0 Å². The second kappa shape index (κ2) is 9.28. The van der Waals surface area contributed by atoms with Crippen molar-refractivity contribution >= 4 is 59.7 Å². The highest BCUT2D eigenvalue weighted by atomic mass is 32.1. The van der Waals surface area contributed by atoms with E-state index in [4.69, 9.17) is 4.98 Å². The van der Waals surface area contributed by atoms with Gasteiger partial charge in [-0.15, -0.1) is 11.3 Å². The molecule has 176 valence electrons. The standard InChI is InChI=1S/C24H25N5O3S2/c1-15-11-16(2)22-19(12-15)26-24(34-22)28-9-7-27(8-10-28)6-5-25-23(30)21-14-17-13-18(29(31)32)3-4-20(17)33-21/h3-4,11-14H,5-10H2,1-2H3,(H,25,30). The van der Waals surface area contributed by atoms with E-state index in [1.54, 1.807) is 23.5 Å². The SMILES string of the molecule is Cc1cc(C)c2sc(N3CCN(CCNC(=O)c4cc5cc([N+](=O)[O-])ccc5s4)CC3)nc2c1. The first kappa shape index (κ1) is 22.7. The predicted octanol–water partition coefficient (Wildman–Crippen LogP) is 4.59.